The van der Waals surface area contributed by atoms with Crippen molar-refractivity contribution in [3.63, 3.8) is 0 Å². The Labute approximate surface area is 175 Å². The largest absolute Gasteiger partial charge is 0.428 e. The highest BCUT2D eigenvalue weighted by atomic mass is 19.3. The third-order valence-electron chi connectivity index (χ3n) is 4.68. The monoisotopic (exact) mass is 431 g/mol. The Bertz CT molecular complexity index is 1140. The molecule has 31 heavy (non-hydrogen) atoms. The molecule has 0 aliphatic carbocycles. The van der Waals surface area contributed by atoms with E-state index in [2.05, 4.69) is 15.9 Å². The lowest BCUT2D eigenvalue weighted by Crippen LogP contribution is -2.31. The van der Waals surface area contributed by atoms with E-state index in [0.717, 1.165) is 18.3 Å². The fourth-order valence-electron chi connectivity index (χ4n) is 3.26. The van der Waals surface area contributed by atoms with Gasteiger partial charge in [0.15, 0.2) is 5.78 Å². The fourth-order valence-corrected chi connectivity index (χ4v) is 3.26. The van der Waals surface area contributed by atoms with Crippen LogP contribution in [0.3, 0.4) is 0 Å². The molecule has 0 amide bonds. The van der Waals surface area contributed by atoms with Gasteiger partial charge in [0.05, 0.1) is 0 Å². The van der Waals surface area contributed by atoms with E-state index in [9.17, 15) is 22.4 Å². The van der Waals surface area contributed by atoms with Crippen molar-refractivity contribution in [1.29, 1.82) is 0 Å². The number of hydrogen-bond acceptors (Lipinski definition) is 5. The molecule has 0 spiro atoms. The molecule has 0 unspecified atom stereocenters. The molecule has 1 atom stereocenters. The number of allylic oxidation sites excluding steroid dienone is 1. The number of ether oxygens (including phenoxy) is 1. The summed E-state index contributed by atoms with van der Waals surface area (Å²) in [6, 6.07) is 4.49. The second-order valence-electron chi connectivity index (χ2n) is 6.96. The molecule has 2 N–H and O–H groups in total. The standard InChI is InChI=1S/C22H17F4N3O2/c1-3-12-6-15(20(25)26)19(28-11-12)18(30)8-13-4-5-17(24)16(7-13)22(2)9-14(10-23)31-21(27)29-22/h1,4-7,9,11,20H,8,10H2,2H3,(H2,27,29)/t22-/m0/s1. The predicted molar refractivity (Wildman–Crippen MR) is 106 cm³/mol. The summed E-state index contributed by atoms with van der Waals surface area (Å²) in [4.78, 5) is 20.5. The van der Waals surface area contributed by atoms with E-state index in [4.69, 9.17) is 16.9 Å². The van der Waals surface area contributed by atoms with E-state index in [1.165, 1.54) is 25.1 Å². The van der Waals surface area contributed by atoms with Crippen molar-refractivity contribution in [2.75, 3.05) is 6.67 Å². The number of ketones is 1. The molecule has 0 saturated heterocycles. The molecule has 160 valence electrons. The SMILES string of the molecule is C#Cc1cnc(C(=O)Cc2ccc(F)c([C@]3(C)C=C(CF)OC(N)=N3)c2)c(C(F)F)c1. The number of alkyl halides is 3. The average molecular weight is 431 g/mol. The molecule has 0 radical (unpaired) electrons. The van der Waals surface area contributed by atoms with Crippen LogP contribution in [0, 0.1) is 18.2 Å². The van der Waals surface area contributed by atoms with Crippen molar-refractivity contribution in [3.05, 3.63) is 76.1 Å². The van der Waals surface area contributed by atoms with Crippen LogP contribution in [0.15, 0.2) is 47.3 Å². The maximum absolute atomic E-state index is 14.6. The highest BCUT2D eigenvalue weighted by Crippen LogP contribution is 2.34. The number of Topliss-reactive ketones (excluding diaryl/α,β-unsaturated/α-hetero) is 1. The van der Waals surface area contributed by atoms with Crippen LogP contribution < -0.4 is 5.73 Å². The second-order valence-corrected chi connectivity index (χ2v) is 6.96. The van der Waals surface area contributed by atoms with Crippen molar-refractivity contribution in [2.45, 2.75) is 25.3 Å². The quantitative estimate of drug-likeness (QED) is 0.427. The highest BCUT2D eigenvalue weighted by Gasteiger charge is 2.32. The maximum Gasteiger partial charge on any atom is 0.288 e. The molecule has 2 aromatic rings. The van der Waals surface area contributed by atoms with Crippen molar-refractivity contribution in [1.82, 2.24) is 4.98 Å². The summed E-state index contributed by atoms with van der Waals surface area (Å²) < 4.78 is 59.4. The van der Waals surface area contributed by atoms with Crippen molar-refractivity contribution >= 4 is 11.8 Å². The number of carbonyl (C=O) groups excluding carboxylic acids is 1. The number of nitrogens with zero attached hydrogens (tertiary/aromatic N) is 2. The molecule has 0 saturated carbocycles. The topological polar surface area (TPSA) is 77.6 Å². The zero-order chi connectivity index (χ0) is 22.8. The summed E-state index contributed by atoms with van der Waals surface area (Å²) in [5.74, 6) is 0.693. The number of amidine groups is 1. The first-order chi connectivity index (χ1) is 14.7. The summed E-state index contributed by atoms with van der Waals surface area (Å²) >= 11 is 0. The second kappa shape index (κ2) is 8.60. The highest BCUT2D eigenvalue weighted by molar-refractivity contribution is 5.97. The number of nitrogens with two attached hydrogens (primary N) is 1. The first-order valence-electron chi connectivity index (χ1n) is 9.04. The molecular weight excluding hydrogens is 414 g/mol. The van der Waals surface area contributed by atoms with E-state index in [0.29, 0.717) is 5.56 Å². The summed E-state index contributed by atoms with van der Waals surface area (Å²) in [6.45, 7) is 0.526. The number of carbonyl (C=O) groups is 1. The molecule has 1 aliphatic rings. The average Bonchev–Trinajstić information content (AvgIpc) is 2.73. The molecule has 5 nitrogen and oxygen atoms in total. The van der Waals surface area contributed by atoms with Crippen LogP contribution in [0.2, 0.25) is 0 Å². The van der Waals surface area contributed by atoms with E-state index in [1.807, 2.05) is 0 Å². The summed E-state index contributed by atoms with van der Waals surface area (Å²) in [6.07, 6.45) is 4.35. The molecule has 1 aromatic heterocycles. The Morgan fingerprint density at radius 3 is 2.74 bits per heavy atom. The van der Waals surface area contributed by atoms with Crippen LogP contribution in [0.1, 0.15) is 46.1 Å². The van der Waals surface area contributed by atoms with Crippen LogP contribution in [0.25, 0.3) is 0 Å². The number of rotatable bonds is 6. The molecule has 0 bridgehead atoms. The molecule has 1 aromatic carbocycles. The number of terminal acetylenes is 1. The number of halogens is 4. The van der Waals surface area contributed by atoms with Gasteiger partial charge in [-0.1, -0.05) is 12.0 Å². The van der Waals surface area contributed by atoms with Gasteiger partial charge in [-0.3, -0.25) is 9.78 Å². The Kier molecular flexibility index (Phi) is 6.11. The van der Waals surface area contributed by atoms with Crippen molar-refractivity contribution < 1.29 is 27.1 Å². The van der Waals surface area contributed by atoms with Gasteiger partial charge in [-0.25, -0.2) is 22.6 Å². The zero-order valence-electron chi connectivity index (χ0n) is 16.3. The predicted octanol–water partition coefficient (Wildman–Crippen LogP) is 3.98. The van der Waals surface area contributed by atoms with Crippen LogP contribution in [0.4, 0.5) is 17.6 Å². The Morgan fingerprint density at radius 1 is 1.35 bits per heavy atom. The minimum absolute atomic E-state index is 0.0136. The minimum Gasteiger partial charge on any atom is -0.428 e. The van der Waals surface area contributed by atoms with E-state index >= 15 is 0 Å². The molecule has 3 rings (SSSR count). The summed E-state index contributed by atoms with van der Waals surface area (Å²) in [5, 5.41) is 0. The third kappa shape index (κ3) is 4.58. The number of aromatic nitrogens is 1. The zero-order valence-corrected chi connectivity index (χ0v) is 16.3. The lowest BCUT2D eigenvalue weighted by atomic mass is 9.88. The van der Waals surface area contributed by atoms with E-state index in [1.54, 1.807) is 0 Å². The first-order valence-corrected chi connectivity index (χ1v) is 9.04. The Morgan fingerprint density at radius 2 is 2.10 bits per heavy atom. The van der Waals surface area contributed by atoms with Gasteiger partial charge in [0.25, 0.3) is 12.4 Å². The lowest BCUT2D eigenvalue weighted by molar-refractivity contribution is 0.0972. The molecular formula is C22H17F4N3O2. The molecule has 2 heterocycles. The van der Waals surface area contributed by atoms with Crippen LogP contribution in [0.5, 0.6) is 0 Å². The van der Waals surface area contributed by atoms with Gasteiger partial charge >= 0.3 is 0 Å². The first kappa shape index (κ1) is 22.0. The van der Waals surface area contributed by atoms with Crippen LogP contribution >= 0.6 is 0 Å². The van der Waals surface area contributed by atoms with Gasteiger partial charge in [-0.05, 0) is 36.8 Å². The van der Waals surface area contributed by atoms with Crippen LogP contribution in [-0.2, 0) is 16.7 Å². The van der Waals surface area contributed by atoms with Gasteiger partial charge < -0.3 is 10.5 Å². The Balaban J connectivity index is 1.97. The van der Waals surface area contributed by atoms with Gasteiger partial charge in [-0.2, -0.15) is 0 Å². The van der Waals surface area contributed by atoms with Gasteiger partial charge in [0, 0.05) is 29.3 Å². The van der Waals surface area contributed by atoms with E-state index < -0.39 is 41.5 Å². The molecule has 1 aliphatic heterocycles. The number of aliphatic imine (C=N–C) groups is 1. The fraction of sp³-hybridized carbons (Fsp3) is 0.227. The molecule has 0 fully saturated rings. The van der Waals surface area contributed by atoms with Gasteiger partial charge in [0.2, 0.25) is 0 Å². The van der Waals surface area contributed by atoms with Crippen LogP contribution in [-0.4, -0.2) is 23.5 Å². The Hall–Kier alpha value is -3.67. The van der Waals surface area contributed by atoms with Crippen molar-refractivity contribution in [2.24, 2.45) is 10.7 Å². The lowest BCUT2D eigenvalue weighted by Gasteiger charge is -2.28. The summed E-state index contributed by atoms with van der Waals surface area (Å²) in [5.41, 5.74) is 3.66. The van der Waals surface area contributed by atoms with Gasteiger partial charge in [-0.15, -0.1) is 6.42 Å². The third-order valence-corrected chi connectivity index (χ3v) is 4.68. The van der Waals surface area contributed by atoms with Crippen molar-refractivity contribution in [3.8, 4) is 12.3 Å². The minimum atomic E-state index is -2.95. The smallest absolute Gasteiger partial charge is 0.288 e. The van der Waals surface area contributed by atoms with Gasteiger partial charge in [0.1, 0.15) is 29.5 Å². The summed E-state index contributed by atoms with van der Waals surface area (Å²) in [7, 11) is 0. The maximum atomic E-state index is 14.6. The molecule has 9 heteroatoms. The number of pyridine rings is 1. The van der Waals surface area contributed by atoms with E-state index in [-0.39, 0.29) is 29.3 Å². The number of hydrogen-bond donors (Lipinski definition) is 1. The normalized spacial score (nSPS) is 18.1. The number of benzene rings is 1.